The van der Waals surface area contributed by atoms with Crippen LogP contribution in [-0.4, -0.2) is 26.0 Å². The molecule has 1 heterocycles. The molecule has 138 valence electrons. The molecule has 0 fully saturated rings. The second kappa shape index (κ2) is 7.64. The van der Waals surface area contributed by atoms with E-state index in [0.717, 1.165) is 17.8 Å². The van der Waals surface area contributed by atoms with Gasteiger partial charge in [0.15, 0.2) is 5.82 Å². The average molecular weight is 407 g/mol. The third kappa shape index (κ3) is 4.18. The molecule has 0 aliphatic carbocycles. The first kappa shape index (κ1) is 18.7. The van der Waals surface area contributed by atoms with Crippen LogP contribution >= 0.6 is 23.8 Å². The molecule has 0 unspecified atom stereocenters. The summed E-state index contributed by atoms with van der Waals surface area (Å²) in [5.74, 6) is -0.767. The first-order valence-corrected chi connectivity index (χ1v) is 8.24. The first-order chi connectivity index (χ1) is 12.8. The van der Waals surface area contributed by atoms with Crippen LogP contribution in [0.15, 0.2) is 41.5 Å². The lowest BCUT2D eigenvalue weighted by Crippen LogP contribution is -2.04. The number of nitro groups is 1. The topological polar surface area (TPSA) is 112 Å². The SMILES string of the molecule is O=[N+]([O-])c1cc(Cl)cc(/C=N\n2c(Cc3ccc(F)cc3)n[nH]c2=S)c1[O-]. The maximum absolute atomic E-state index is 13.0. The van der Waals surface area contributed by atoms with Crippen LogP contribution in [0.25, 0.3) is 0 Å². The van der Waals surface area contributed by atoms with E-state index in [4.69, 9.17) is 23.8 Å². The number of benzene rings is 2. The van der Waals surface area contributed by atoms with Gasteiger partial charge in [0.25, 0.3) is 5.69 Å². The van der Waals surface area contributed by atoms with Crippen molar-refractivity contribution in [1.82, 2.24) is 14.9 Å². The van der Waals surface area contributed by atoms with Gasteiger partial charge in [0, 0.05) is 17.5 Å². The van der Waals surface area contributed by atoms with Crippen LogP contribution in [0.4, 0.5) is 10.1 Å². The Balaban J connectivity index is 1.95. The summed E-state index contributed by atoms with van der Waals surface area (Å²) in [4.78, 5) is 10.1. The quantitative estimate of drug-likeness (QED) is 0.302. The van der Waals surface area contributed by atoms with E-state index in [1.165, 1.54) is 22.9 Å². The van der Waals surface area contributed by atoms with E-state index in [0.29, 0.717) is 12.2 Å². The van der Waals surface area contributed by atoms with Gasteiger partial charge in [-0.05, 0) is 47.3 Å². The molecule has 0 amide bonds. The van der Waals surface area contributed by atoms with Gasteiger partial charge in [-0.1, -0.05) is 23.7 Å². The lowest BCUT2D eigenvalue weighted by Gasteiger charge is -2.10. The van der Waals surface area contributed by atoms with E-state index in [1.54, 1.807) is 12.1 Å². The molecule has 0 spiro atoms. The Kier molecular flexibility index (Phi) is 5.28. The van der Waals surface area contributed by atoms with Crippen molar-refractivity contribution in [3.05, 3.63) is 79.1 Å². The Morgan fingerprint density at radius 3 is 2.74 bits per heavy atom. The maximum atomic E-state index is 13.0. The van der Waals surface area contributed by atoms with Gasteiger partial charge in [0.05, 0.1) is 11.1 Å². The maximum Gasteiger partial charge on any atom is 0.263 e. The third-order valence-corrected chi connectivity index (χ3v) is 4.05. The van der Waals surface area contributed by atoms with Crippen LogP contribution < -0.4 is 5.11 Å². The minimum absolute atomic E-state index is 0.0325. The van der Waals surface area contributed by atoms with Crippen LogP contribution in [-0.2, 0) is 6.42 Å². The number of hydrogen-bond donors (Lipinski definition) is 1. The zero-order valence-corrected chi connectivity index (χ0v) is 15.0. The first-order valence-electron chi connectivity index (χ1n) is 7.45. The Labute approximate surface area is 161 Å². The minimum Gasteiger partial charge on any atom is -0.867 e. The summed E-state index contributed by atoms with van der Waals surface area (Å²) in [6.45, 7) is 0. The van der Waals surface area contributed by atoms with Gasteiger partial charge in [-0.3, -0.25) is 15.2 Å². The largest absolute Gasteiger partial charge is 0.867 e. The number of hydrogen-bond acceptors (Lipinski definition) is 6. The number of aromatic nitrogens is 3. The summed E-state index contributed by atoms with van der Waals surface area (Å²) in [7, 11) is 0. The highest BCUT2D eigenvalue weighted by molar-refractivity contribution is 7.71. The van der Waals surface area contributed by atoms with Crippen molar-refractivity contribution < 1.29 is 14.4 Å². The monoisotopic (exact) mass is 406 g/mol. The Hall–Kier alpha value is -3.11. The van der Waals surface area contributed by atoms with Crippen LogP contribution in [0.2, 0.25) is 5.02 Å². The molecule has 0 radical (unpaired) electrons. The summed E-state index contributed by atoms with van der Waals surface area (Å²) in [6, 6.07) is 8.07. The Bertz CT molecular complexity index is 1090. The number of nitrogens with zero attached hydrogens (tertiary/aromatic N) is 4. The molecule has 3 aromatic rings. The molecule has 1 N–H and O–H groups in total. The molecule has 2 aromatic carbocycles. The van der Waals surface area contributed by atoms with Crippen molar-refractivity contribution >= 4 is 35.7 Å². The molecule has 0 saturated heterocycles. The van der Waals surface area contributed by atoms with Gasteiger partial charge in [-0.25, -0.2) is 4.39 Å². The fourth-order valence-electron chi connectivity index (χ4n) is 2.29. The third-order valence-electron chi connectivity index (χ3n) is 3.56. The van der Waals surface area contributed by atoms with E-state index in [9.17, 15) is 19.6 Å². The fourth-order valence-corrected chi connectivity index (χ4v) is 2.71. The molecule has 0 atom stereocenters. The van der Waals surface area contributed by atoms with Crippen molar-refractivity contribution in [1.29, 1.82) is 0 Å². The molecule has 11 heteroatoms. The predicted molar refractivity (Wildman–Crippen MR) is 97.2 cm³/mol. The minimum atomic E-state index is -0.816. The van der Waals surface area contributed by atoms with Crippen LogP contribution in [0.1, 0.15) is 17.0 Å². The molecule has 1 aromatic heterocycles. The highest BCUT2D eigenvalue weighted by Gasteiger charge is 2.12. The van der Waals surface area contributed by atoms with Crippen molar-refractivity contribution in [2.75, 3.05) is 0 Å². The summed E-state index contributed by atoms with van der Waals surface area (Å²) in [5, 5.41) is 33.8. The zero-order chi connectivity index (χ0) is 19.6. The van der Waals surface area contributed by atoms with Gasteiger partial charge in [-0.15, -0.1) is 0 Å². The zero-order valence-electron chi connectivity index (χ0n) is 13.4. The number of nitro benzene ring substituents is 1. The van der Waals surface area contributed by atoms with E-state index in [1.807, 2.05) is 0 Å². The van der Waals surface area contributed by atoms with Gasteiger partial charge < -0.3 is 5.11 Å². The average Bonchev–Trinajstić information content (AvgIpc) is 2.97. The molecule has 0 saturated carbocycles. The van der Waals surface area contributed by atoms with Crippen LogP contribution in [0, 0.1) is 20.7 Å². The van der Waals surface area contributed by atoms with Crippen LogP contribution in [0.5, 0.6) is 5.75 Å². The lowest BCUT2D eigenvalue weighted by atomic mass is 10.1. The fraction of sp³-hybridized carbons (Fsp3) is 0.0625. The van der Waals surface area contributed by atoms with E-state index in [-0.39, 0.29) is 21.2 Å². The predicted octanol–water partition coefficient (Wildman–Crippen LogP) is 3.19. The van der Waals surface area contributed by atoms with Crippen molar-refractivity contribution in [3.8, 4) is 5.75 Å². The van der Waals surface area contributed by atoms with Gasteiger partial charge in [-0.2, -0.15) is 14.9 Å². The number of H-pyrrole nitrogens is 1. The van der Waals surface area contributed by atoms with Gasteiger partial charge in [0.1, 0.15) is 5.82 Å². The van der Waals surface area contributed by atoms with Crippen molar-refractivity contribution in [2.24, 2.45) is 5.10 Å². The van der Waals surface area contributed by atoms with E-state index < -0.39 is 16.4 Å². The Morgan fingerprint density at radius 2 is 2.07 bits per heavy atom. The lowest BCUT2D eigenvalue weighted by molar-refractivity contribution is -0.398. The molecule has 0 bridgehead atoms. The second-order valence-corrected chi connectivity index (χ2v) is 6.23. The molecule has 8 nitrogen and oxygen atoms in total. The number of rotatable bonds is 5. The molecule has 0 aliphatic rings. The van der Waals surface area contributed by atoms with Gasteiger partial charge in [0.2, 0.25) is 4.77 Å². The van der Waals surface area contributed by atoms with Crippen molar-refractivity contribution in [3.63, 3.8) is 0 Å². The summed E-state index contributed by atoms with van der Waals surface area (Å²) in [5.41, 5.74) is 0.0565. The number of halogens is 2. The summed E-state index contributed by atoms with van der Waals surface area (Å²) >= 11 is 10.9. The number of nitrogens with one attached hydrogen (secondary N) is 1. The molecular weight excluding hydrogens is 397 g/mol. The normalized spacial score (nSPS) is 11.2. The smallest absolute Gasteiger partial charge is 0.263 e. The van der Waals surface area contributed by atoms with E-state index in [2.05, 4.69) is 15.3 Å². The standard InChI is InChI=1S/C16H11ClFN5O3S/c17-11-6-10(15(24)13(7-11)23(25)26)8-19-22-14(20-21-16(22)27)5-9-1-3-12(18)4-2-9/h1-4,6-8,24H,5H2,(H,21,27)/p-1/b19-8-. The van der Waals surface area contributed by atoms with Gasteiger partial charge >= 0.3 is 0 Å². The highest BCUT2D eigenvalue weighted by atomic mass is 35.5. The molecular formula is C16H10ClFN5O3S-. The summed E-state index contributed by atoms with van der Waals surface area (Å²) in [6.07, 6.45) is 1.42. The molecule has 3 rings (SSSR count). The van der Waals surface area contributed by atoms with Crippen molar-refractivity contribution in [2.45, 2.75) is 6.42 Å². The Morgan fingerprint density at radius 1 is 1.37 bits per heavy atom. The van der Waals surface area contributed by atoms with Crippen LogP contribution in [0.3, 0.4) is 0 Å². The highest BCUT2D eigenvalue weighted by Crippen LogP contribution is 2.30. The van der Waals surface area contributed by atoms with E-state index >= 15 is 0 Å². The molecule has 0 aliphatic heterocycles. The number of aromatic amines is 1. The second-order valence-electron chi connectivity index (χ2n) is 5.40. The molecule has 27 heavy (non-hydrogen) atoms. The summed E-state index contributed by atoms with van der Waals surface area (Å²) < 4.78 is 14.4.